The highest BCUT2D eigenvalue weighted by Gasteiger charge is 2.44. The van der Waals surface area contributed by atoms with Gasteiger partial charge in [-0.2, -0.15) is 0 Å². The number of para-hydroxylation sites is 2. The zero-order valence-electron chi connectivity index (χ0n) is 15.0. The van der Waals surface area contributed by atoms with Crippen molar-refractivity contribution >= 4 is 43.6 Å². The Bertz CT molecular complexity index is 1490. The number of benzene rings is 3. The molecule has 0 fully saturated rings. The van der Waals surface area contributed by atoms with Crippen LogP contribution in [-0.4, -0.2) is 9.55 Å². The summed E-state index contributed by atoms with van der Waals surface area (Å²) in [5, 5.41) is 5.36. The number of nitrogens with zero attached hydrogens (tertiary/aromatic N) is 1. The first-order valence-electron chi connectivity index (χ1n) is 9.60. The fourth-order valence-electron chi connectivity index (χ4n) is 5.59. The van der Waals surface area contributed by atoms with Gasteiger partial charge in [-0.3, -0.25) is 0 Å². The van der Waals surface area contributed by atoms with E-state index >= 15 is 0 Å². The van der Waals surface area contributed by atoms with Crippen LogP contribution in [0.5, 0.6) is 0 Å². The van der Waals surface area contributed by atoms with E-state index in [1.807, 2.05) is 0 Å². The Labute approximate surface area is 156 Å². The first kappa shape index (κ1) is 13.9. The first-order chi connectivity index (χ1) is 13.3. The second-order valence-electron chi connectivity index (χ2n) is 8.08. The van der Waals surface area contributed by atoms with Gasteiger partial charge in [0.25, 0.3) is 0 Å². The van der Waals surface area contributed by atoms with E-state index in [9.17, 15) is 0 Å². The van der Waals surface area contributed by atoms with Gasteiger partial charge in [-0.25, -0.2) is 0 Å². The lowest BCUT2D eigenvalue weighted by Crippen LogP contribution is -2.30. The quantitative estimate of drug-likeness (QED) is 0.336. The summed E-state index contributed by atoms with van der Waals surface area (Å²) in [7, 11) is 0. The van der Waals surface area contributed by atoms with Crippen molar-refractivity contribution in [2.75, 3.05) is 0 Å². The number of aromatic amines is 1. The van der Waals surface area contributed by atoms with E-state index in [1.165, 1.54) is 49.2 Å². The molecule has 0 saturated heterocycles. The van der Waals surface area contributed by atoms with E-state index in [0.717, 1.165) is 0 Å². The first-order valence-corrected chi connectivity index (χ1v) is 9.60. The second kappa shape index (κ2) is 4.34. The van der Waals surface area contributed by atoms with E-state index in [-0.39, 0.29) is 5.54 Å². The van der Waals surface area contributed by atoms with Gasteiger partial charge in [0.05, 0.1) is 16.6 Å². The molecule has 2 aliphatic rings. The van der Waals surface area contributed by atoms with Gasteiger partial charge in [-0.15, -0.1) is 0 Å². The number of rotatable bonds is 0. The maximum atomic E-state index is 3.73. The maximum Gasteiger partial charge on any atom is 0.0712 e. The molecule has 2 atom stereocenters. The molecular weight excluding hydrogens is 328 g/mol. The number of nitrogens with one attached hydrogen (secondary N) is 1. The van der Waals surface area contributed by atoms with Crippen LogP contribution in [0.4, 0.5) is 0 Å². The molecule has 1 aliphatic carbocycles. The Hall–Kier alpha value is -3.26. The monoisotopic (exact) mass is 346 g/mol. The normalized spacial score (nSPS) is 23.2. The van der Waals surface area contributed by atoms with E-state index < -0.39 is 0 Å². The lowest BCUT2D eigenvalue weighted by atomic mass is 9.79. The summed E-state index contributed by atoms with van der Waals surface area (Å²) < 4.78 is 2.57. The highest BCUT2D eigenvalue weighted by atomic mass is 15.1. The Morgan fingerprint density at radius 3 is 2.67 bits per heavy atom. The summed E-state index contributed by atoms with van der Waals surface area (Å²) in [6, 6.07) is 20.0. The van der Waals surface area contributed by atoms with E-state index in [2.05, 4.69) is 95.4 Å². The molecule has 1 aliphatic heterocycles. The molecule has 3 heterocycles. The molecular formula is C25H18N2. The molecule has 0 bridgehead atoms. The summed E-state index contributed by atoms with van der Waals surface area (Å²) in [5.41, 5.74) is 6.59. The van der Waals surface area contributed by atoms with Crippen LogP contribution in [0.3, 0.4) is 0 Å². The average Bonchev–Trinajstić information content (AvgIpc) is 3.31. The van der Waals surface area contributed by atoms with Crippen LogP contribution in [-0.2, 0) is 5.54 Å². The molecule has 2 aromatic heterocycles. The standard InChI is InChI=1S/C25H18N2/c1-25-13-7-6-10-19(25)18-14-17-15-8-2-4-11-20(15)26-23(17)22-16-9-3-5-12-21(16)27(25)24(18)22/h2-14,19,26H,1H3. The summed E-state index contributed by atoms with van der Waals surface area (Å²) in [6.45, 7) is 2.37. The van der Waals surface area contributed by atoms with Gasteiger partial charge >= 0.3 is 0 Å². The lowest BCUT2D eigenvalue weighted by Gasteiger charge is -2.32. The molecule has 0 radical (unpaired) electrons. The van der Waals surface area contributed by atoms with E-state index in [0.29, 0.717) is 5.92 Å². The SMILES string of the molecule is CC12C=CC=CC1c1cc3c4ccccc4[nH]c3c3c4ccccc4n2c13. The van der Waals surface area contributed by atoms with Crippen LogP contribution < -0.4 is 0 Å². The Morgan fingerprint density at radius 1 is 0.926 bits per heavy atom. The number of hydrogen-bond acceptors (Lipinski definition) is 0. The molecule has 3 aromatic carbocycles. The van der Waals surface area contributed by atoms with Gasteiger partial charge in [0.15, 0.2) is 0 Å². The van der Waals surface area contributed by atoms with Crippen molar-refractivity contribution in [3.05, 3.63) is 84.5 Å². The number of aromatic nitrogens is 2. The molecule has 5 aromatic rings. The molecule has 1 N–H and O–H groups in total. The zero-order chi connectivity index (χ0) is 17.8. The van der Waals surface area contributed by atoms with Crippen LogP contribution in [0, 0.1) is 0 Å². The summed E-state index contributed by atoms with van der Waals surface area (Å²) in [6.07, 6.45) is 9.14. The van der Waals surface area contributed by atoms with Gasteiger partial charge in [0, 0.05) is 38.5 Å². The van der Waals surface area contributed by atoms with E-state index in [1.54, 1.807) is 0 Å². The lowest BCUT2D eigenvalue weighted by molar-refractivity contribution is 0.414. The third kappa shape index (κ3) is 1.43. The molecule has 128 valence electrons. The van der Waals surface area contributed by atoms with Crippen LogP contribution in [0.15, 0.2) is 78.9 Å². The topological polar surface area (TPSA) is 20.7 Å². The van der Waals surface area contributed by atoms with Gasteiger partial charge < -0.3 is 9.55 Å². The second-order valence-corrected chi connectivity index (χ2v) is 8.08. The number of allylic oxidation sites excluding steroid dienone is 4. The molecule has 0 amide bonds. The predicted octanol–water partition coefficient (Wildman–Crippen LogP) is 6.37. The fourth-order valence-corrected chi connectivity index (χ4v) is 5.59. The third-order valence-corrected chi connectivity index (χ3v) is 6.74. The minimum Gasteiger partial charge on any atom is -0.354 e. The van der Waals surface area contributed by atoms with Crippen LogP contribution in [0.2, 0.25) is 0 Å². The van der Waals surface area contributed by atoms with Crippen molar-refractivity contribution in [2.24, 2.45) is 0 Å². The number of fused-ring (bicyclic) bond motifs is 10. The van der Waals surface area contributed by atoms with Crippen molar-refractivity contribution in [2.45, 2.75) is 18.4 Å². The van der Waals surface area contributed by atoms with Crippen LogP contribution in [0.1, 0.15) is 18.4 Å². The Morgan fingerprint density at radius 2 is 1.74 bits per heavy atom. The highest BCUT2D eigenvalue weighted by molar-refractivity contribution is 6.26. The molecule has 2 nitrogen and oxygen atoms in total. The molecule has 0 spiro atoms. The van der Waals surface area contributed by atoms with Gasteiger partial charge in [-0.1, -0.05) is 60.7 Å². The molecule has 2 heteroatoms. The van der Waals surface area contributed by atoms with Crippen molar-refractivity contribution in [1.82, 2.24) is 9.55 Å². The van der Waals surface area contributed by atoms with Gasteiger partial charge in [0.2, 0.25) is 0 Å². The summed E-state index contributed by atoms with van der Waals surface area (Å²) >= 11 is 0. The van der Waals surface area contributed by atoms with Crippen molar-refractivity contribution in [3.63, 3.8) is 0 Å². The summed E-state index contributed by atoms with van der Waals surface area (Å²) in [4.78, 5) is 3.73. The smallest absolute Gasteiger partial charge is 0.0712 e. The van der Waals surface area contributed by atoms with Crippen molar-refractivity contribution in [3.8, 4) is 0 Å². The number of H-pyrrole nitrogens is 1. The van der Waals surface area contributed by atoms with Crippen molar-refractivity contribution in [1.29, 1.82) is 0 Å². The zero-order valence-corrected chi connectivity index (χ0v) is 15.0. The minimum atomic E-state index is -0.0486. The largest absolute Gasteiger partial charge is 0.354 e. The van der Waals surface area contributed by atoms with Crippen LogP contribution >= 0.6 is 0 Å². The van der Waals surface area contributed by atoms with Gasteiger partial charge in [-0.05, 0) is 30.7 Å². The molecule has 0 saturated carbocycles. The number of hydrogen-bond donors (Lipinski definition) is 1. The average molecular weight is 346 g/mol. The Balaban J connectivity index is 1.83. The molecule has 7 rings (SSSR count). The third-order valence-electron chi connectivity index (χ3n) is 6.74. The van der Waals surface area contributed by atoms with Crippen LogP contribution in [0.25, 0.3) is 43.6 Å². The fraction of sp³-hybridized carbons (Fsp3) is 0.120. The molecule has 2 unspecified atom stereocenters. The van der Waals surface area contributed by atoms with Gasteiger partial charge in [0.1, 0.15) is 0 Å². The highest BCUT2D eigenvalue weighted by Crippen LogP contribution is 2.54. The maximum absolute atomic E-state index is 3.73. The van der Waals surface area contributed by atoms with E-state index in [4.69, 9.17) is 0 Å². The Kier molecular flexibility index (Phi) is 2.23. The summed E-state index contributed by atoms with van der Waals surface area (Å²) in [5.74, 6) is 0.377. The predicted molar refractivity (Wildman–Crippen MR) is 113 cm³/mol. The minimum absolute atomic E-state index is 0.0486. The molecule has 27 heavy (non-hydrogen) atoms. The van der Waals surface area contributed by atoms with Crippen molar-refractivity contribution < 1.29 is 0 Å².